The Hall–Kier alpha value is -4.11. The highest BCUT2D eigenvalue weighted by atomic mass is 32.2. The highest BCUT2D eigenvalue weighted by Crippen LogP contribution is 2.27. The Morgan fingerprint density at radius 2 is 1.89 bits per heavy atom. The van der Waals surface area contributed by atoms with Crippen LogP contribution in [-0.2, 0) is 11.3 Å². The first-order valence-corrected chi connectivity index (χ1v) is 12.0. The number of thioether (sulfide) groups is 1. The minimum Gasteiger partial charge on any atom is -0.461 e. The molecule has 0 aliphatic heterocycles. The molecule has 3 heterocycles. The Balaban J connectivity index is 1.30. The fourth-order valence-corrected chi connectivity index (χ4v) is 4.28. The lowest BCUT2D eigenvalue weighted by Crippen LogP contribution is -2.15. The fraction of sp³-hybridized carbons (Fsp3) is 0.154. The number of hydrogen-bond acceptors (Lipinski definition) is 7. The number of hydrogen-bond donors (Lipinski definition) is 1. The van der Waals surface area contributed by atoms with Crippen molar-refractivity contribution in [1.82, 2.24) is 19.7 Å². The van der Waals surface area contributed by atoms with Crippen LogP contribution in [0.15, 0.2) is 87.0 Å². The van der Waals surface area contributed by atoms with Crippen molar-refractivity contribution in [3.05, 3.63) is 90.0 Å². The Labute approximate surface area is 206 Å². The number of furan rings is 1. The van der Waals surface area contributed by atoms with Gasteiger partial charge in [-0.25, -0.2) is 4.98 Å². The molecule has 0 saturated heterocycles. The maximum atomic E-state index is 12.7. The number of amides is 1. The Morgan fingerprint density at radius 1 is 1.03 bits per heavy atom. The van der Waals surface area contributed by atoms with Crippen LogP contribution in [0.25, 0.3) is 23.0 Å². The molecule has 2 aromatic carbocycles. The molecule has 1 amide bonds. The predicted molar refractivity (Wildman–Crippen MR) is 134 cm³/mol. The second-order valence-electron chi connectivity index (χ2n) is 7.93. The molecule has 0 radical (unpaired) electrons. The molecular weight excluding hydrogens is 462 g/mol. The molecule has 176 valence electrons. The third kappa shape index (κ3) is 5.20. The number of benzene rings is 2. The molecule has 5 aromatic rings. The van der Waals surface area contributed by atoms with E-state index in [1.54, 1.807) is 6.26 Å². The molecule has 0 atom stereocenters. The van der Waals surface area contributed by atoms with Crippen LogP contribution in [-0.4, -0.2) is 31.4 Å². The molecule has 1 N–H and O–H groups in total. The minimum atomic E-state index is -0.152. The first-order chi connectivity index (χ1) is 17.1. The average molecular weight is 486 g/mol. The zero-order valence-corrected chi connectivity index (χ0v) is 20.1. The van der Waals surface area contributed by atoms with Gasteiger partial charge in [-0.05, 0) is 49.7 Å². The molecule has 0 spiro atoms. The summed E-state index contributed by atoms with van der Waals surface area (Å²) in [6, 6.07) is 21.1. The average Bonchev–Trinajstić information content (AvgIpc) is 3.60. The summed E-state index contributed by atoms with van der Waals surface area (Å²) >= 11 is 1.32. The van der Waals surface area contributed by atoms with Gasteiger partial charge in [0.05, 0.1) is 24.3 Å². The number of anilines is 1. The van der Waals surface area contributed by atoms with Gasteiger partial charge < -0.3 is 14.2 Å². The Bertz CT molecular complexity index is 1420. The maximum Gasteiger partial charge on any atom is 0.234 e. The number of carbonyl (C=O) groups is 1. The Kier molecular flexibility index (Phi) is 6.49. The summed E-state index contributed by atoms with van der Waals surface area (Å²) < 4.78 is 13.2. The van der Waals surface area contributed by atoms with Crippen LogP contribution in [0, 0.1) is 13.8 Å². The van der Waals surface area contributed by atoms with Gasteiger partial charge in [-0.2, -0.15) is 0 Å². The number of aryl methyl sites for hydroxylation is 2. The van der Waals surface area contributed by atoms with Crippen LogP contribution in [0.4, 0.5) is 5.69 Å². The van der Waals surface area contributed by atoms with Gasteiger partial charge in [-0.3, -0.25) is 9.36 Å². The van der Waals surface area contributed by atoms with Crippen molar-refractivity contribution >= 4 is 23.4 Å². The zero-order chi connectivity index (χ0) is 24.2. The van der Waals surface area contributed by atoms with E-state index in [-0.39, 0.29) is 11.7 Å². The van der Waals surface area contributed by atoms with E-state index in [2.05, 4.69) is 20.5 Å². The van der Waals surface area contributed by atoms with E-state index >= 15 is 0 Å². The lowest BCUT2D eigenvalue weighted by molar-refractivity contribution is -0.113. The zero-order valence-electron chi connectivity index (χ0n) is 19.3. The Morgan fingerprint density at radius 3 is 2.63 bits per heavy atom. The van der Waals surface area contributed by atoms with Gasteiger partial charge in [0, 0.05) is 11.3 Å². The number of nitrogens with one attached hydrogen (secondary N) is 1. The van der Waals surface area contributed by atoms with Gasteiger partial charge in [0.15, 0.2) is 10.9 Å². The van der Waals surface area contributed by atoms with Crippen LogP contribution < -0.4 is 5.32 Å². The molecule has 5 rings (SSSR count). The summed E-state index contributed by atoms with van der Waals surface area (Å²) in [5.41, 5.74) is 3.42. The van der Waals surface area contributed by atoms with E-state index in [0.29, 0.717) is 34.9 Å². The number of aromatic nitrogens is 4. The monoisotopic (exact) mass is 485 g/mol. The van der Waals surface area contributed by atoms with Crippen LogP contribution in [0.3, 0.4) is 0 Å². The number of carbonyl (C=O) groups excluding carboxylic acids is 1. The number of oxazole rings is 1. The normalized spacial score (nSPS) is 11.0. The van der Waals surface area contributed by atoms with Crippen LogP contribution >= 0.6 is 11.8 Å². The largest absolute Gasteiger partial charge is 0.461 e. The van der Waals surface area contributed by atoms with Gasteiger partial charge in [-0.1, -0.05) is 48.2 Å². The van der Waals surface area contributed by atoms with Gasteiger partial charge in [0.2, 0.25) is 17.6 Å². The van der Waals surface area contributed by atoms with Crippen molar-refractivity contribution in [2.45, 2.75) is 25.5 Å². The lowest BCUT2D eigenvalue weighted by Gasteiger charge is -2.10. The number of rotatable bonds is 8. The van der Waals surface area contributed by atoms with Crippen molar-refractivity contribution in [2.75, 3.05) is 11.1 Å². The van der Waals surface area contributed by atoms with Crippen molar-refractivity contribution in [1.29, 1.82) is 0 Å². The maximum absolute atomic E-state index is 12.7. The summed E-state index contributed by atoms with van der Waals surface area (Å²) in [6.45, 7) is 4.34. The second kappa shape index (κ2) is 10.0. The molecule has 0 saturated carbocycles. The first-order valence-electron chi connectivity index (χ1n) is 11.0. The molecule has 9 heteroatoms. The topological polar surface area (TPSA) is 99.0 Å². The third-order valence-electron chi connectivity index (χ3n) is 5.40. The molecule has 3 aromatic heterocycles. The van der Waals surface area contributed by atoms with Crippen molar-refractivity contribution in [2.24, 2.45) is 0 Å². The molecule has 0 aliphatic carbocycles. The smallest absolute Gasteiger partial charge is 0.234 e. The lowest BCUT2D eigenvalue weighted by atomic mass is 10.2. The predicted octanol–water partition coefficient (Wildman–Crippen LogP) is 5.59. The van der Waals surface area contributed by atoms with Crippen LogP contribution in [0.5, 0.6) is 0 Å². The molecule has 0 unspecified atom stereocenters. The number of nitrogens with zero attached hydrogens (tertiary/aromatic N) is 4. The van der Waals surface area contributed by atoms with E-state index in [0.717, 1.165) is 22.6 Å². The highest BCUT2D eigenvalue weighted by molar-refractivity contribution is 7.99. The van der Waals surface area contributed by atoms with Gasteiger partial charge in [-0.15, -0.1) is 10.2 Å². The first kappa shape index (κ1) is 22.7. The van der Waals surface area contributed by atoms with E-state index in [1.165, 1.54) is 11.8 Å². The van der Waals surface area contributed by atoms with Crippen LogP contribution in [0.1, 0.15) is 17.0 Å². The second-order valence-corrected chi connectivity index (χ2v) is 8.88. The van der Waals surface area contributed by atoms with Gasteiger partial charge in [0.1, 0.15) is 5.76 Å². The third-order valence-corrected chi connectivity index (χ3v) is 6.36. The fourth-order valence-electron chi connectivity index (χ4n) is 3.55. The van der Waals surface area contributed by atoms with E-state index < -0.39 is 0 Å². The molecular formula is C26H23N5O3S. The van der Waals surface area contributed by atoms with Gasteiger partial charge in [0.25, 0.3) is 0 Å². The summed E-state index contributed by atoms with van der Waals surface area (Å²) in [7, 11) is 0. The van der Waals surface area contributed by atoms with Crippen molar-refractivity contribution < 1.29 is 13.6 Å². The summed E-state index contributed by atoms with van der Waals surface area (Å²) in [5.74, 6) is 2.57. The van der Waals surface area contributed by atoms with Crippen molar-refractivity contribution in [3.63, 3.8) is 0 Å². The molecule has 35 heavy (non-hydrogen) atoms. The molecule has 0 aliphatic rings. The summed E-state index contributed by atoms with van der Waals surface area (Å²) in [5, 5.41) is 12.2. The van der Waals surface area contributed by atoms with Gasteiger partial charge >= 0.3 is 0 Å². The molecule has 0 fully saturated rings. The molecule has 8 nitrogen and oxygen atoms in total. The summed E-state index contributed by atoms with van der Waals surface area (Å²) in [4.78, 5) is 17.2. The van der Waals surface area contributed by atoms with E-state index in [1.807, 2.05) is 85.1 Å². The van der Waals surface area contributed by atoms with Crippen molar-refractivity contribution in [3.8, 4) is 23.0 Å². The van der Waals surface area contributed by atoms with Crippen LogP contribution in [0.2, 0.25) is 0 Å². The standard InChI is InChI=1S/C26H23N5O3S/c1-17-18(2)34-25(27-17)20-10-6-11-21(14-20)28-23(32)16-35-26-30-29-24(22-12-7-13-33-22)31(26)15-19-8-4-3-5-9-19/h3-14H,15-16H2,1-2H3,(H,28,32). The van der Waals surface area contributed by atoms with E-state index in [4.69, 9.17) is 8.83 Å². The molecule has 0 bridgehead atoms. The SMILES string of the molecule is Cc1nc(-c2cccc(NC(=O)CSc3nnc(-c4ccco4)n3Cc3ccccc3)c2)oc1C. The van der Waals surface area contributed by atoms with E-state index in [9.17, 15) is 4.79 Å². The summed E-state index contributed by atoms with van der Waals surface area (Å²) in [6.07, 6.45) is 1.60. The minimum absolute atomic E-state index is 0.152. The highest BCUT2D eigenvalue weighted by Gasteiger charge is 2.18. The quantitative estimate of drug-likeness (QED) is 0.286.